The lowest BCUT2D eigenvalue weighted by molar-refractivity contribution is 0.0332. The van der Waals surface area contributed by atoms with Crippen LogP contribution in [0.4, 0.5) is 14.6 Å². The second kappa shape index (κ2) is 5.45. The fourth-order valence-corrected chi connectivity index (χ4v) is 2.80. The Bertz CT molecular complexity index is 869. The zero-order valence-electron chi connectivity index (χ0n) is 12.5. The number of hydrogen-bond donors (Lipinski definition) is 2. The largest absolute Gasteiger partial charge is 0.391 e. The SMILES string of the molecule is OC1CCN(c2nc(C(F)(F)c3ccccc3)nc3n[nH]nc23)C1. The predicted molar refractivity (Wildman–Crippen MR) is 81.8 cm³/mol. The van der Waals surface area contributed by atoms with Crippen LogP contribution in [-0.4, -0.2) is 49.7 Å². The second-order valence-corrected chi connectivity index (χ2v) is 5.70. The Hall–Kier alpha value is -2.68. The van der Waals surface area contributed by atoms with Crippen molar-refractivity contribution in [1.29, 1.82) is 0 Å². The first-order valence-electron chi connectivity index (χ1n) is 7.51. The molecule has 0 amide bonds. The smallest absolute Gasteiger partial charge is 0.331 e. The molecule has 0 bridgehead atoms. The summed E-state index contributed by atoms with van der Waals surface area (Å²) in [6.45, 7) is 0.825. The molecule has 1 saturated heterocycles. The quantitative estimate of drug-likeness (QED) is 0.754. The van der Waals surface area contributed by atoms with Crippen molar-refractivity contribution in [1.82, 2.24) is 25.4 Å². The van der Waals surface area contributed by atoms with Crippen LogP contribution in [0.2, 0.25) is 0 Å². The number of benzene rings is 1. The zero-order valence-corrected chi connectivity index (χ0v) is 12.5. The number of alkyl halides is 2. The number of nitrogens with one attached hydrogen (secondary N) is 1. The first-order chi connectivity index (χ1) is 11.6. The molecular formula is C15H14F2N6O. The topological polar surface area (TPSA) is 90.8 Å². The van der Waals surface area contributed by atoms with E-state index in [9.17, 15) is 13.9 Å². The minimum Gasteiger partial charge on any atom is -0.391 e. The van der Waals surface area contributed by atoms with Crippen LogP contribution in [-0.2, 0) is 5.92 Å². The van der Waals surface area contributed by atoms with Gasteiger partial charge in [0, 0.05) is 18.7 Å². The second-order valence-electron chi connectivity index (χ2n) is 5.70. The van der Waals surface area contributed by atoms with Gasteiger partial charge in [-0.25, -0.2) is 9.97 Å². The summed E-state index contributed by atoms with van der Waals surface area (Å²) in [5.41, 5.74) is 0.198. The highest BCUT2D eigenvalue weighted by molar-refractivity contribution is 5.82. The molecule has 24 heavy (non-hydrogen) atoms. The number of anilines is 1. The third kappa shape index (κ3) is 2.37. The van der Waals surface area contributed by atoms with E-state index < -0.39 is 17.9 Å². The van der Waals surface area contributed by atoms with E-state index in [0.717, 1.165) is 0 Å². The van der Waals surface area contributed by atoms with Gasteiger partial charge in [0.2, 0.25) is 11.5 Å². The molecule has 0 radical (unpaired) electrons. The molecule has 1 aromatic carbocycles. The summed E-state index contributed by atoms with van der Waals surface area (Å²) >= 11 is 0. The molecule has 7 nitrogen and oxygen atoms in total. The van der Waals surface area contributed by atoms with E-state index in [4.69, 9.17) is 0 Å². The molecule has 4 rings (SSSR count). The van der Waals surface area contributed by atoms with Gasteiger partial charge in [-0.1, -0.05) is 30.3 Å². The molecule has 2 N–H and O–H groups in total. The lowest BCUT2D eigenvalue weighted by Gasteiger charge is -2.20. The van der Waals surface area contributed by atoms with Gasteiger partial charge in [-0.2, -0.15) is 19.1 Å². The Kier molecular flexibility index (Phi) is 3.38. The van der Waals surface area contributed by atoms with Gasteiger partial charge in [-0.05, 0) is 6.42 Å². The molecule has 1 fully saturated rings. The Balaban J connectivity index is 1.85. The summed E-state index contributed by atoms with van der Waals surface area (Å²) in [5.74, 6) is -3.73. The standard InChI is InChI=1S/C15H14F2N6O/c16-15(17,9-4-2-1-3-5-9)14-18-12-11(20-22-21-12)13(19-14)23-7-6-10(24)8-23/h1-5,10,24H,6-8H2,(H,18,19,20,21,22). The molecule has 0 saturated carbocycles. The Morgan fingerprint density at radius 1 is 1.17 bits per heavy atom. The Morgan fingerprint density at radius 2 is 1.96 bits per heavy atom. The van der Waals surface area contributed by atoms with E-state index in [1.807, 2.05) is 0 Å². The maximum Gasteiger partial charge on any atom is 0.331 e. The third-order valence-electron chi connectivity index (χ3n) is 4.05. The zero-order chi connectivity index (χ0) is 16.7. The third-order valence-corrected chi connectivity index (χ3v) is 4.05. The van der Waals surface area contributed by atoms with Crippen molar-refractivity contribution in [3.63, 3.8) is 0 Å². The fraction of sp³-hybridized carbons (Fsp3) is 0.333. The molecule has 3 aromatic rings. The molecule has 1 unspecified atom stereocenters. The molecular weight excluding hydrogens is 318 g/mol. The number of aromatic nitrogens is 5. The van der Waals surface area contributed by atoms with Gasteiger partial charge in [0.05, 0.1) is 6.10 Å². The van der Waals surface area contributed by atoms with Crippen LogP contribution in [0, 0.1) is 0 Å². The summed E-state index contributed by atoms with van der Waals surface area (Å²) in [5, 5.41) is 19.9. The van der Waals surface area contributed by atoms with Gasteiger partial charge in [-0.15, -0.1) is 5.10 Å². The van der Waals surface area contributed by atoms with Crippen molar-refractivity contribution in [2.24, 2.45) is 0 Å². The van der Waals surface area contributed by atoms with Gasteiger partial charge < -0.3 is 10.0 Å². The van der Waals surface area contributed by atoms with Crippen molar-refractivity contribution < 1.29 is 13.9 Å². The first-order valence-corrected chi connectivity index (χ1v) is 7.51. The average Bonchev–Trinajstić information content (AvgIpc) is 3.23. The van der Waals surface area contributed by atoms with E-state index in [0.29, 0.717) is 25.0 Å². The molecule has 2 aromatic heterocycles. The lowest BCUT2D eigenvalue weighted by atomic mass is 10.1. The van der Waals surface area contributed by atoms with Gasteiger partial charge in [-0.3, -0.25) is 0 Å². The number of aliphatic hydroxyl groups excluding tert-OH is 1. The van der Waals surface area contributed by atoms with Crippen LogP contribution < -0.4 is 4.90 Å². The molecule has 124 valence electrons. The van der Waals surface area contributed by atoms with E-state index in [1.165, 1.54) is 24.3 Å². The number of β-amino-alcohol motifs (C(OH)–C–C–N with tert-alkyl or cyclic N) is 1. The molecule has 0 spiro atoms. The summed E-state index contributed by atoms with van der Waals surface area (Å²) in [4.78, 5) is 9.67. The predicted octanol–water partition coefficient (Wildman–Crippen LogP) is 1.46. The Labute approximate surface area is 135 Å². The highest BCUT2D eigenvalue weighted by Crippen LogP contribution is 2.35. The van der Waals surface area contributed by atoms with Crippen LogP contribution in [0.5, 0.6) is 0 Å². The molecule has 1 atom stereocenters. The van der Waals surface area contributed by atoms with Crippen LogP contribution in [0.25, 0.3) is 11.2 Å². The number of aliphatic hydroxyl groups is 1. The van der Waals surface area contributed by atoms with Crippen molar-refractivity contribution >= 4 is 17.0 Å². The monoisotopic (exact) mass is 332 g/mol. The van der Waals surface area contributed by atoms with Crippen LogP contribution in [0.15, 0.2) is 30.3 Å². The van der Waals surface area contributed by atoms with Crippen LogP contribution >= 0.6 is 0 Å². The number of fused-ring (bicyclic) bond motifs is 1. The van der Waals surface area contributed by atoms with E-state index in [2.05, 4.69) is 25.4 Å². The Morgan fingerprint density at radius 3 is 2.67 bits per heavy atom. The van der Waals surface area contributed by atoms with Crippen molar-refractivity contribution in [3.8, 4) is 0 Å². The average molecular weight is 332 g/mol. The van der Waals surface area contributed by atoms with Crippen molar-refractivity contribution in [2.75, 3.05) is 18.0 Å². The minimum atomic E-state index is -3.36. The van der Waals surface area contributed by atoms with Gasteiger partial charge >= 0.3 is 5.92 Å². The molecule has 0 aliphatic carbocycles. The van der Waals surface area contributed by atoms with Gasteiger partial charge in [0.1, 0.15) is 0 Å². The number of H-pyrrole nitrogens is 1. The van der Waals surface area contributed by atoms with E-state index in [-0.39, 0.29) is 17.0 Å². The van der Waals surface area contributed by atoms with Crippen LogP contribution in [0.3, 0.4) is 0 Å². The highest BCUT2D eigenvalue weighted by Gasteiger charge is 2.39. The first kappa shape index (κ1) is 14.9. The minimum absolute atomic E-state index is 0.0759. The molecule has 1 aliphatic rings. The van der Waals surface area contributed by atoms with Crippen molar-refractivity contribution in [2.45, 2.75) is 18.4 Å². The maximum absolute atomic E-state index is 14.8. The molecule has 3 heterocycles. The molecule has 9 heteroatoms. The fourth-order valence-electron chi connectivity index (χ4n) is 2.80. The van der Waals surface area contributed by atoms with Gasteiger partial charge in [0.25, 0.3) is 0 Å². The van der Waals surface area contributed by atoms with Gasteiger partial charge in [0.15, 0.2) is 11.3 Å². The number of rotatable bonds is 3. The summed E-state index contributed by atoms with van der Waals surface area (Å²) in [6, 6.07) is 7.40. The highest BCUT2D eigenvalue weighted by atomic mass is 19.3. The van der Waals surface area contributed by atoms with E-state index in [1.54, 1.807) is 11.0 Å². The lowest BCUT2D eigenvalue weighted by Crippen LogP contribution is -2.26. The summed E-state index contributed by atoms with van der Waals surface area (Å²) in [7, 11) is 0. The van der Waals surface area contributed by atoms with Crippen LogP contribution in [0.1, 0.15) is 17.8 Å². The number of hydrogen-bond acceptors (Lipinski definition) is 6. The van der Waals surface area contributed by atoms with Crippen molar-refractivity contribution in [3.05, 3.63) is 41.7 Å². The number of halogens is 2. The summed E-state index contributed by atoms with van der Waals surface area (Å²) in [6.07, 6.45) is 0.0355. The number of nitrogens with zero attached hydrogens (tertiary/aromatic N) is 5. The molecule has 1 aliphatic heterocycles. The number of aromatic amines is 1. The summed E-state index contributed by atoms with van der Waals surface area (Å²) < 4.78 is 29.6. The van der Waals surface area contributed by atoms with E-state index >= 15 is 0 Å². The maximum atomic E-state index is 14.8. The normalized spacial score (nSPS) is 18.5.